The third-order valence-electron chi connectivity index (χ3n) is 3.86. The largest absolute Gasteiger partial charge is 0.492 e. The fraction of sp³-hybridized carbons (Fsp3) is 0.167. The van der Waals surface area contributed by atoms with E-state index in [1.165, 1.54) is 11.8 Å². The smallest absolute Gasteiger partial charge is 0.220 e. The summed E-state index contributed by atoms with van der Waals surface area (Å²) in [7, 11) is 0. The van der Waals surface area contributed by atoms with Crippen LogP contribution in [-0.2, 0) is 0 Å². The zero-order valence-electron chi connectivity index (χ0n) is 14.3. The maximum atomic E-state index is 5.70. The van der Waals surface area contributed by atoms with Gasteiger partial charge in [-0.15, -0.1) is 5.10 Å². The molecule has 0 amide bonds. The molecule has 8 heteroatoms. The summed E-state index contributed by atoms with van der Waals surface area (Å²) in [6.45, 7) is 4.56. The van der Waals surface area contributed by atoms with Gasteiger partial charge in [0.05, 0.1) is 12.1 Å². The molecule has 0 fully saturated rings. The standard InChI is InChI=1S/C18H16N6OS/c1-3-25-15-10-5-4-9-14(15)24-18(21-22-23-24)26-17-16-12(2)7-6-8-13(16)19-11-20-17/h4-11H,3H2,1-2H3. The van der Waals surface area contributed by atoms with E-state index < -0.39 is 0 Å². The summed E-state index contributed by atoms with van der Waals surface area (Å²) in [6, 6.07) is 13.7. The Morgan fingerprint density at radius 2 is 1.96 bits per heavy atom. The zero-order valence-corrected chi connectivity index (χ0v) is 15.1. The number of para-hydroxylation sites is 2. The van der Waals surface area contributed by atoms with Gasteiger partial charge in [-0.3, -0.25) is 0 Å². The molecule has 26 heavy (non-hydrogen) atoms. The van der Waals surface area contributed by atoms with Crippen LogP contribution in [0, 0.1) is 6.92 Å². The highest BCUT2D eigenvalue weighted by Crippen LogP contribution is 2.33. The Bertz CT molecular complexity index is 1060. The Kier molecular flexibility index (Phi) is 4.49. The molecular formula is C18H16N6OS. The van der Waals surface area contributed by atoms with Crippen LogP contribution in [0.25, 0.3) is 16.6 Å². The van der Waals surface area contributed by atoms with Crippen molar-refractivity contribution in [3.63, 3.8) is 0 Å². The molecule has 0 aliphatic carbocycles. The third kappa shape index (κ3) is 2.99. The molecule has 0 aliphatic rings. The number of rotatable bonds is 5. The minimum Gasteiger partial charge on any atom is -0.492 e. The SMILES string of the molecule is CCOc1ccccc1-n1nnnc1Sc1ncnc2cccc(C)c12. The van der Waals surface area contributed by atoms with Crippen molar-refractivity contribution in [3.05, 3.63) is 54.4 Å². The van der Waals surface area contributed by atoms with Crippen LogP contribution in [0.1, 0.15) is 12.5 Å². The number of fused-ring (bicyclic) bond motifs is 1. The van der Waals surface area contributed by atoms with Gasteiger partial charge in [0.25, 0.3) is 0 Å². The van der Waals surface area contributed by atoms with Crippen molar-refractivity contribution in [1.29, 1.82) is 0 Å². The first kappa shape index (κ1) is 16.5. The monoisotopic (exact) mass is 364 g/mol. The van der Waals surface area contributed by atoms with Crippen molar-refractivity contribution in [2.75, 3.05) is 6.61 Å². The molecule has 0 saturated heterocycles. The quantitative estimate of drug-likeness (QED) is 0.502. The fourth-order valence-electron chi connectivity index (χ4n) is 2.71. The zero-order chi connectivity index (χ0) is 17.9. The summed E-state index contributed by atoms with van der Waals surface area (Å²) in [5.41, 5.74) is 2.80. The van der Waals surface area contributed by atoms with Gasteiger partial charge in [0, 0.05) is 5.39 Å². The van der Waals surface area contributed by atoms with E-state index in [0.717, 1.165) is 32.9 Å². The van der Waals surface area contributed by atoms with E-state index in [-0.39, 0.29) is 0 Å². The Hall–Kier alpha value is -3.00. The van der Waals surface area contributed by atoms with E-state index in [4.69, 9.17) is 4.74 Å². The van der Waals surface area contributed by atoms with Gasteiger partial charge >= 0.3 is 0 Å². The highest BCUT2D eigenvalue weighted by atomic mass is 32.2. The van der Waals surface area contributed by atoms with Crippen LogP contribution in [0.15, 0.2) is 59.0 Å². The van der Waals surface area contributed by atoms with Gasteiger partial charge in [-0.2, -0.15) is 4.68 Å². The van der Waals surface area contributed by atoms with Gasteiger partial charge in [0.15, 0.2) is 0 Å². The van der Waals surface area contributed by atoms with Crippen molar-refractivity contribution in [2.24, 2.45) is 0 Å². The molecule has 0 atom stereocenters. The number of aryl methyl sites for hydroxylation is 1. The molecule has 2 aromatic heterocycles. The van der Waals surface area contributed by atoms with Crippen molar-refractivity contribution in [2.45, 2.75) is 24.0 Å². The lowest BCUT2D eigenvalue weighted by Gasteiger charge is -2.11. The Labute approximate surface area is 154 Å². The van der Waals surface area contributed by atoms with Crippen LogP contribution < -0.4 is 4.74 Å². The average Bonchev–Trinajstić information content (AvgIpc) is 3.11. The highest BCUT2D eigenvalue weighted by molar-refractivity contribution is 7.99. The molecule has 0 aliphatic heterocycles. The molecule has 0 N–H and O–H groups in total. The molecule has 0 spiro atoms. The van der Waals surface area contributed by atoms with Crippen LogP contribution in [0.2, 0.25) is 0 Å². The number of nitrogens with zero attached hydrogens (tertiary/aromatic N) is 6. The second-order valence-corrected chi connectivity index (χ2v) is 6.48. The molecule has 0 saturated carbocycles. The topological polar surface area (TPSA) is 78.6 Å². The number of ether oxygens (including phenoxy) is 1. The van der Waals surface area contributed by atoms with Crippen molar-refractivity contribution in [1.82, 2.24) is 30.2 Å². The molecule has 4 aromatic rings. The molecule has 0 unspecified atom stereocenters. The van der Waals surface area contributed by atoms with E-state index >= 15 is 0 Å². The predicted molar refractivity (Wildman–Crippen MR) is 98.7 cm³/mol. The second kappa shape index (κ2) is 7.09. The lowest BCUT2D eigenvalue weighted by molar-refractivity contribution is 0.337. The first-order valence-corrected chi connectivity index (χ1v) is 8.98. The average molecular weight is 364 g/mol. The lowest BCUT2D eigenvalue weighted by atomic mass is 10.1. The number of tetrazole rings is 1. The Morgan fingerprint density at radius 1 is 1.08 bits per heavy atom. The predicted octanol–water partition coefficient (Wildman–Crippen LogP) is 3.46. The Morgan fingerprint density at radius 3 is 2.85 bits per heavy atom. The number of aromatic nitrogens is 6. The summed E-state index contributed by atoms with van der Waals surface area (Å²) in [4.78, 5) is 8.80. The van der Waals surface area contributed by atoms with E-state index in [1.807, 2.05) is 56.3 Å². The molecule has 2 heterocycles. The van der Waals surface area contributed by atoms with Gasteiger partial charge in [-0.25, -0.2) is 9.97 Å². The van der Waals surface area contributed by atoms with Crippen LogP contribution >= 0.6 is 11.8 Å². The molecule has 4 rings (SSSR count). The molecular weight excluding hydrogens is 348 g/mol. The van der Waals surface area contributed by atoms with Crippen LogP contribution in [0.3, 0.4) is 0 Å². The van der Waals surface area contributed by atoms with E-state index in [2.05, 4.69) is 25.5 Å². The van der Waals surface area contributed by atoms with Crippen molar-refractivity contribution < 1.29 is 4.74 Å². The molecule has 0 bridgehead atoms. The summed E-state index contributed by atoms with van der Waals surface area (Å²) < 4.78 is 7.37. The molecule has 130 valence electrons. The first-order valence-electron chi connectivity index (χ1n) is 8.16. The maximum absolute atomic E-state index is 5.70. The lowest BCUT2D eigenvalue weighted by Crippen LogP contribution is -2.03. The van der Waals surface area contributed by atoms with Crippen LogP contribution in [-0.4, -0.2) is 36.8 Å². The van der Waals surface area contributed by atoms with Gasteiger partial charge in [0.1, 0.15) is 22.8 Å². The maximum Gasteiger partial charge on any atom is 0.220 e. The van der Waals surface area contributed by atoms with E-state index in [0.29, 0.717) is 11.8 Å². The second-order valence-electron chi connectivity index (χ2n) is 5.52. The number of hydrogen-bond acceptors (Lipinski definition) is 7. The van der Waals surface area contributed by atoms with Gasteiger partial charge in [-0.1, -0.05) is 24.3 Å². The Balaban J connectivity index is 1.78. The molecule has 7 nitrogen and oxygen atoms in total. The summed E-state index contributed by atoms with van der Waals surface area (Å²) in [6.07, 6.45) is 1.56. The van der Waals surface area contributed by atoms with Crippen molar-refractivity contribution >= 4 is 22.7 Å². The van der Waals surface area contributed by atoms with Gasteiger partial charge in [0.2, 0.25) is 5.16 Å². The highest BCUT2D eigenvalue weighted by Gasteiger charge is 2.16. The van der Waals surface area contributed by atoms with Crippen molar-refractivity contribution in [3.8, 4) is 11.4 Å². The summed E-state index contributed by atoms with van der Waals surface area (Å²) >= 11 is 1.41. The van der Waals surface area contributed by atoms with Gasteiger partial charge < -0.3 is 4.74 Å². The third-order valence-corrected chi connectivity index (χ3v) is 4.80. The minimum absolute atomic E-state index is 0.567. The summed E-state index contributed by atoms with van der Waals surface area (Å²) in [5, 5.41) is 14.6. The summed E-state index contributed by atoms with van der Waals surface area (Å²) in [5.74, 6) is 0.730. The molecule has 0 radical (unpaired) electrons. The van der Waals surface area contributed by atoms with Crippen LogP contribution in [0.5, 0.6) is 5.75 Å². The van der Waals surface area contributed by atoms with E-state index in [9.17, 15) is 0 Å². The fourth-order valence-corrected chi connectivity index (χ4v) is 3.65. The van der Waals surface area contributed by atoms with Crippen LogP contribution in [0.4, 0.5) is 0 Å². The first-order chi connectivity index (χ1) is 12.8. The number of hydrogen-bond donors (Lipinski definition) is 0. The molecule has 2 aromatic carbocycles. The van der Waals surface area contributed by atoms with Gasteiger partial charge in [-0.05, 0) is 59.8 Å². The minimum atomic E-state index is 0.567. The normalized spacial score (nSPS) is 11.0. The van der Waals surface area contributed by atoms with E-state index in [1.54, 1.807) is 11.0 Å². The number of benzene rings is 2.